The van der Waals surface area contributed by atoms with E-state index in [1.54, 1.807) is 0 Å². The third-order valence-electron chi connectivity index (χ3n) is 2.81. The summed E-state index contributed by atoms with van der Waals surface area (Å²) in [5, 5.41) is 0. The molecule has 0 spiro atoms. The molecule has 0 aromatic heterocycles. The monoisotopic (exact) mass is 170 g/mol. The van der Waals surface area contributed by atoms with Crippen LogP contribution in [-0.2, 0) is 14.3 Å². The summed E-state index contributed by atoms with van der Waals surface area (Å²) in [6.07, 6.45) is 1.72. The second-order valence-corrected chi connectivity index (χ2v) is 4.35. The van der Waals surface area contributed by atoms with Crippen molar-refractivity contribution in [3.05, 3.63) is 0 Å². The van der Waals surface area contributed by atoms with Crippen LogP contribution < -0.4 is 0 Å². The lowest BCUT2D eigenvalue weighted by molar-refractivity contribution is -0.331. The molecule has 3 heterocycles. The highest BCUT2D eigenvalue weighted by molar-refractivity contribution is 5.75. The Balaban J connectivity index is 2.34. The molecular formula is C9H14O3. The summed E-state index contributed by atoms with van der Waals surface area (Å²) in [5.74, 6) is -0.825. The molecule has 0 saturated carbocycles. The standard InChI is InChI=1S/C9H14O3/c1-8(2)6-4-5-9(3,12-8)11-7(6)10/h6H,4-5H2,1-3H3. The van der Waals surface area contributed by atoms with Crippen LogP contribution in [0.25, 0.3) is 0 Å². The highest BCUT2D eigenvalue weighted by Crippen LogP contribution is 2.45. The zero-order chi connectivity index (χ0) is 8.98. The molecule has 3 rings (SSSR count). The van der Waals surface area contributed by atoms with Gasteiger partial charge in [0, 0.05) is 13.3 Å². The molecule has 0 aromatic carbocycles. The van der Waals surface area contributed by atoms with E-state index in [9.17, 15) is 4.79 Å². The molecule has 3 aliphatic rings. The number of fused-ring (bicyclic) bond motifs is 3. The maximum absolute atomic E-state index is 11.4. The smallest absolute Gasteiger partial charge is 0.314 e. The Hall–Kier alpha value is -0.570. The minimum atomic E-state index is -0.657. The van der Waals surface area contributed by atoms with E-state index in [1.807, 2.05) is 20.8 Å². The molecule has 2 bridgehead atoms. The number of hydrogen-bond acceptors (Lipinski definition) is 3. The molecule has 2 atom stereocenters. The van der Waals surface area contributed by atoms with E-state index in [-0.39, 0.29) is 17.5 Å². The molecular weight excluding hydrogens is 156 g/mol. The van der Waals surface area contributed by atoms with Gasteiger partial charge in [-0.3, -0.25) is 4.79 Å². The van der Waals surface area contributed by atoms with Crippen LogP contribution in [0.2, 0.25) is 0 Å². The lowest BCUT2D eigenvalue weighted by Crippen LogP contribution is -2.60. The lowest BCUT2D eigenvalue weighted by Gasteiger charge is -2.51. The van der Waals surface area contributed by atoms with Crippen molar-refractivity contribution in [3.8, 4) is 0 Å². The van der Waals surface area contributed by atoms with Gasteiger partial charge >= 0.3 is 5.97 Å². The summed E-state index contributed by atoms with van der Waals surface area (Å²) in [4.78, 5) is 11.4. The Morgan fingerprint density at radius 3 is 2.50 bits per heavy atom. The van der Waals surface area contributed by atoms with Gasteiger partial charge in [0.05, 0.1) is 11.5 Å². The van der Waals surface area contributed by atoms with Gasteiger partial charge in [-0.15, -0.1) is 0 Å². The van der Waals surface area contributed by atoms with Crippen LogP contribution in [0, 0.1) is 5.92 Å². The van der Waals surface area contributed by atoms with Gasteiger partial charge in [-0.1, -0.05) is 0 Å². The minimum absolute atomic E-state index is 0.0701. The lowest BCUT2D eigenvalue weighted by atomic mass is 9.80. The van der Waals surface area contributed by atoms with E-state index < -0.39 is 5.79 Å². The number of carbonyl (C=O) groups is 1. The second-order valence-electron chi connectivity index (χ2n) is 4.35. The summed E-state index contributed by atoms with van der Waals surface area (Å²) in [7, 11) is 0. The highest BCUT2D eigenvalue weighted by atomic mass is 16.7. The first-order chi connectivity index (χ1) is 5.43. The summed E-state index contributed by atoms with van der Waals surface area (Å²) in [6.45, 7) is 5.74. The van der Waals surface area contributed by atoms with Gasteiger partial charge in [-0.25, -0.2) is 0 Å². The van der Waals surface area contributed by atoms with Gasteiger partial charge in [0.25, 0.3) is 0 Å². The van der Waals surface area contributed by atoms with Crippen molar-refractivity contribution < 1.29 is 14.3 Å². The second kappa shape index (κ2) is 2.02. The first kappa shape index (κ1) is 8.05. The van der Waals surface area contributed by atoms with E-state index in [0.717, 1.165) is 12.8 Å². The van der Waals surface area contributed by atoms with Crippen molar-refractivity contribution >= 4 is 5.97 Å². The Morgan fingerprint density at radius 2 is 2.08 bits per heavy atom. The fourth-order valence-electron chi connectivity index (χ4n) is 2.19. The van der Waals surface area contributed by atoms with Crippen molar-refractivity contribution in [1.29, 1.82) is 0 Å². The summed E-state index contributed by atoms with van der Waals surface area (Å²) in [6, 6.07) is 0. The van der Waals surface area contributed by atoms with Gasteiger partial charge < -0.3 is 9.47 Å². The SMILES string of the molecule is CC12CCC(C(=O)O1)C(C)(C)O2. The van der Waals surface area contributed by atoms with Crippen molar-refractivity contribution in [2.24, 2.45) is 5.92 Å². The fourth-order valence-corrected chi connectivity index (χ4v) is 2.19. The Labute approximate surface area is 72.0 Å². The van der Waals surface area contributed by atoms with E-state index in [0.29, 0.717) is 0 Å². The quantitative estimate of drug-likeness (QED) is 0.516. The van der Waals surface area contributed by atoms with Gasteiger partial charge in [0.15, 0.2) is 0 Å². The van der Waals surface area contributed by atoms with Gasteiger partial charge in [0.2, 0.25) is 5.79 Å². The maximum Gasteiger partial charge on any atom is 0.314 e. The molecule has 3 saturated heterocycles. The molecule has 0 aliphatic carbocycles. The predicted octanol–water partition coefficient (Wildman–Crippen LogP) is 1.46. The first-order valence-electron chi connectivity index (χ1n) is 4.36. The third-order valence-corrected chi connectivity index (χ3v) is 2.81. The number of rotatable bonds is 0. The number of hydrogen-bond donors (Lipinski definition) is 0. The zero-order valence-electron chi connectivity index (χ0n) is 7.72. The molecule has 0 amide bonds. The Morgan fingerprint density at radius 1 is 1.42 bits per heavy atom. The number of carbonyl (C=O) groups excluding carboxylic acids is 1. The van der Waals surface area contributed by atoms with Crippen LogP contribution in [-0.4, -0.2) is 17.4 Å². The maximum atomic E-state index is 11.4. The first-order valence-corrected chi connectivity index (χ1v) is 4.36. The highest BCUT2D eigenvalue weighted by Gasteiger charge is 2.55. The zero-order valence-corrected chi connectivity index (χ0v) is 7.72. The van der Waals surface area contributed by atoms with E-state index in [1.165, 1.54) is 0 Å². The Bertz CT molecular complexity index is 231. The van der Waals surface area contributed by atoms with Gasteiger partial charge in [0.1, 0.15) is 0 Å². The molecule has 3 nitrogen and oxygen atoms in total. The minimum Gasteiger partial charge on any atom is -0.433 e. The molecule has 3 fully saturated rings. The van der Waals surface area contributed by atoms with E-state index in [2.05, 4.69) is 0 Å². The third kappa shape index (κ3) is 0.959. The van der Waals surface area contributed by atoms with Crippen molar-refractivity contribution in [2.75, 3.05) is 0 Å². The van der Waals surface area contributed by atoms with Gasteiger partial charge in [-0.2, -0.15) is 0 Å². The average Bonchev–Trinajstić information content (AvgIpc) is 1.80. The van der Waals surface area contributed by atoms with E-state index >= 15 is 0 Å². The van der Waals surface area contributed by atoms with Crippen LogP contribution in [0.15, 0.2) is 0 Å². The molecule has 2 unspecified atom stereocenters. The van der Waals surface area contributed by atoms with E-state index in [4.69, 9.17) is 9.47 Å². The summed E-state index contributed by atoms with van der Waals surface area (Å²) >= 11 is 0. The van der Waals surface area contributed by atoms with Crippen molar-refractivity contribution in [1.82, 2.24) is 0 Å². The fraction of sp³-hybridized carbons (Fsp3) is 0.889. The van der Waals surface area contributed by atoms with Crippen LogP contribution in [0.5, 0.6) is 0 Å². The topological polar surface area (TPSA) is 35.5 Å². The Kier molecular flexibility index (Phi) is 1.35. The average molecular weight is 170 g/mol. The largest absolute Gasteiger partial charge is 0.433 e. The summed E-state index contributed by atoms with van der Waals surface area (Å²) < 4.78 is 10.8. The molecule has 0 radical (unpaired) electrons. The number of ether oxygens (including phenoxy) is 2. The summed E-state index contributed by atoms with van der Waals surface area (Å²) in [5.41, 5.74) is -0.345. The van der Waals surface area contributed by atoms with Crippen molar-refractivity contribution in [2.45, 2.75) is 45.0 Å². The predicted molar refractivity (Wildman–Crippen MR) is 42.4 cm³/mol. The molecule has 3 heteroatoms. The molecule has 0 aromatic rings. The van der Waals surface area contributed by atoms with Crippen LogP contribution >= 0.6 is 0 Å². The van der Waals surface area contributed by atoms with Crippen LogP contribution in [0.3, 0.4) is 0 Å². The number of esters is 1. The molecule has 3 aliphatic heterocycles. The van der Waals surface area contributed by atoms with Gasteiger partial charge in [-0.05, 0) is 20.3 Å². The normalized spacial score (nSPS) is 44.2. The molecule has 68 valence electrons. The molecule has 0 N–H and O–H groups in total. The van der Waals surface area contributed by atoms with Crippen LogP contribution in [0.1, 0.15) is 33.6 Å². The van der Waals surface area contributed by atoms with Crippen molar-refractivity contribution in [3.63, 3.8) is 0 Å². The molecule has 12 heavy (non-hydrogen) atoms. The van der Waals surface area contributed by atoms with Crippen LogP contribution in [0.4, 0.5) is 0 Å².